The van der Waals surface area contributed by atoms with Gasteiger partial charge in [0.15, 0.2) is 0 Å². The van der Waals surface area contributed by atoms with Crippen molar-refractivity contribution in [1.82, 2.24) is 9.13 Å². The minimum absolute atomic E-state index is 0.907. The van der Waals surface area contributed by atoms with Crippen LogP contribution in [0.1, 0.15) is 0 Å². The fraction of sp³-hybridized carbons (Fsp3) is 0. The van der Waals surface area contributed by atoms with E-state index in [1.807, 2.05) is 0 Å². The summed E-state index contributed by atoms with van der Waals surface area (Å²) in [6, 6.07) is 65.3. The van der Waals surface area contributed by atoms with E-state index < -0.39 is 0 Å². The van der Waals surface area contributed by atoms with Crippen LogP contribution >= 0.6 is 0 Å². The normalized spacial score (nSPS) is 11.9. The Labute approximate surface area is 293 Å². The molecule has 0 amide bonds. The minimum atomic E-state index is 0.907. The monoisotopic (exact) mass is 650 g/mol. The van der Waals surface area contributed by atoms with Crippen LogP contribution in [-0.4, -0.2) is 9.13 Å². The molecule has 0 bridgehead atoms. The first-order valence-corrected chi connectivity index (χ1v) is 17.4. The van der Waals surface area contributed by atoms with Crippen molar-refractivity contribution in [3.8, 4) is 33.6 Å². The maximum Gasteiger partial charge on any atom is 0.136 e. The van der Waals surface area contributed by atoms with E-state index in [1.54, 1.807) is 0 Å². The van der Waals surface area contributed by atoms with Crippen LogP contribution in [0.25, 0.3) is 99.2 Å². The maximum atomic E-state index is 6.51. The number of para-hydroxylation sites is 3. The lowest BCUT2D eigenvalue weighted by atomic mass is 10.0. The van der Waals surface area contributed by atoms with Crippen molar-refractivity contribution in [2.75, 3.05) is 0 Å². The van der Waals surface area contributed by atoms with Gasteiger partial charge >= 0.3 is 0 Å². The van der Waals surface area contributed by atoms with Crippen LogP contribution < -0.4 is 0 Å². The first kappa shape index (κ1) is 28.0. The van der Waals surface area contributed by atoms with E-state index in [0.29, 0.717) is 0 Å². The van der Waals surface area contributed by atoms with E-state index in [2.05, 4.69) is 191 Å². The molecule has 3 heterocycles. The lowest BCUT2D eigenvalue weighted by molar-refractivity contribution is 0.669. The van der Waals surface area contributed by atoms with E-state index in [1.165, 1.54) is 60.3 Å². The molecule has 3 nitrogen and oxygen atoms in total. The molecule has 51 heavy (non-hydrogen) atoms. The zero-order chi connectivity index (χ0) is 33.5. The van der Waals surface area contributed by atoms with Crippen molar-refractivity contribution in [2.24, 2.45) is 0 Å². The molecule has 0 atom stereocenters. The summed E-state index contributed by atoms with van der Waals surface area (Å²) in [5.41, 5.74) is 13.6. The molecule has 0 N–H and O–H groups in total. The Balaban J connectivity index is 1.01. The Hall–Kier alpha value is -6.84. The van der Waals surface area contributed by atoms with Crippen molar-refractivity contribution in [3.63, 3.8) is 0 Å². The molecule has 3 aromatic heterocycles. The second kappa shape index (κ2) is 10.8. The molecule has 0 saturated heterocycles. The van der Waals surface area contributed by atoms with E-state index in [4.69, 9.17) is 4.42 Å². The van der Waals surface area contributed by atoms with Gasteiger partial charge in [0, 0.05) is 43.7 Å². The standard InChI is InChI=1S/C48H30N2O/c1-2-10-31(11-3-1)34-22-27-40-46(30-34)51-45-29-28-44-47(48(40)45)39-14-6-9-17-43(39)50(44)36-25-20-33(21-26-36)32-18-23-35(24-19-32)49-41-15-7-4-12-37(41)38-13-5-8-16-42(38)49/h1-30H. The number of benzene rings is 8. The maximum absolute atomic E-state index is 6.51. The van der Waals surface area contributed by atoms with E-state index >= 15 is 0 Å². The Morgan fingerprint density at radius 2 is 0.784 bits per heavy atom. The third-order valence-corrected chi connectivity index (χ3v) is 10.5. The van der Waals surface area contributed by atoms with Gasteiger partial charge in [0.2, 0.25) is 0 Å². The van der Waals surface area contributed by atoms with Crippen LogP contribution in [0.5, 0.6) is 0 Å². The number of aromatic nitrogens is 2. The predicted octanol–water partition coefficient (Wildman–Crippen LogP) is 13.1. The third kappa shape index (κ3) is 4.19. The van der Waals surface area contributed by atoms with Gasteiger partial charge in [0.25, 0.3) is 0 Å². The molecular formula is C48H30N2O. The summed E-state index contributed by atoms with van der Waals surface area (Å²) in [4.78, 5) is 0. The van der Waals surface area contributed by atoms with Crippen molar-refractivity contribution in [2.45, 2.75) is 0 Å². The first-order valence-electron chi connectivity index (χ1n) is 17.4. The van der Waals surface area contributed by atoms with Gasteiger partial charge in [-0.1, -0.05) is 115 Å². The molecule has 0 unspecified atom stereocenters. The smallest absolute Gasteiger partial charge is 0.136 e. The number of hydrogen-bond acceptors (Lipinski definition) is 1. The summed E-state index contributed by atoms with van der Waals surface area (Å²) in [5.74, 6) is 0. The molecule has 0 spiro atoms. The Morgan fingerprint density at radius 3 is 1.41 bits per heavy atom. The molecular weight excluding hydrogens is 621 g/mol. The van der Waals surface area contributed by atoms with Crippen LogP contribution in [0.15, 0.2) is 186 Å². The highest BCUT2D eigenvalue weighted by Gasteiger charge is 2.19. The lowest BCUT2D eigenvalue weighted by Gasteiger charge is -2.11. The topological polar surface area (TPSA) is 23.0 Å². The quantitative estimate of drug-likeness (QED) is 0.186. The molecule has 8 aromatic carbocycles. The Morgan fingerprint density at radius 1 is 0.294 bits per heavy atom. The molecule has 0 radical (unpaired) electrons. The van der Waals surface area contributed by atoms with Crippen molar-refractivity contribution >= 4 is 65.6 Å². The van der Waals surface area contributed by atoms with Gasteiger partial charge in [-0.2, -0.15) is 0 Å². The Bertz CT molecular complexity index is 3050. The molecule has 238 valence electrons. The fourth-order valence-electron chi connectivity index (χ4n) is 8.22. The van der Waals surface area contributed by atoms with Gasteiger partial charge in [-0.15, -0.1) is 0 Å². The summed E-state index contributed by atoms with van der Waals surface area (Å²) in [7, 11) is 0. The van der Waals surface area contributed by atoms with Gasteiger partial charge < -0.3 is 13.6 Å². The highest BCUT2D eigenvalue weighted by molar-refractivity contribution is 6.27. The highest BCUT2D eigenvalue weighted by atomic mass is 16.3. The molecule has 0 aliphatic rings. The fourth-order valence-corrected chi connectivity index (χ4v) is 8.22. The summed E-state index contributed by atoms with van der Waals surface area (Å²) >= 11 is 0. The lowest BCUT2D eigenvalue weighted by Crippen LogP contribution is -1.94. The van der Waals surface area contributed by atoms with Gasteiger partial charge in [0.1, 0.15) is 11.2 Å². The minimum Gasteiger partial charge on any atom is -0.456 e. The summed E-state index contributed by atoms with van der Waals surface area (Å²) < 4.78 is 11.3. The van der Waals surface area contributed by atoms with Gasteiger partial charge in [0.05, 0.1) is 22.1 Å². The molecule has 11 rings (SSSR count). The summed E-state index contributed by atoms with van der Waals surface area (Å²) in [5, 5.41) is 7.29. The number of furan rings is 1. The van der Waals surface area contributed by atoms with Crippen LogP contribution in [0.4, 0.5) is 0 Å². The van der Waals surface area contributed by atoms with Crippen molar-refractivity contribution < 1.29 is 4.42 Å². The average molecular weight is 651 g/mol. The second-order valence-electron chi connectivity index (χ2n) is 13.3. The largest absolute Gasteiger partial charge is 0.456 e. The number of nitrogens with zero attached hydrogens (tertiary/aromatic N) is 2. The van der Waals surface area contributed by atoms with Crippen LogP contribution in [0.2, 0.25) is 0 Å². The molecule has 0 saturated carbocycles. The number of hydrogen-bond donors (Lipinski definition) is 0. The van der Waals surface area contributed by atoms with Crippen LogP contribution in [-0.2, 0) is 0 Å². The van der Waals surface area contributed by atoms with Crippen LogP contribution in [0.3, 0.4) is 0 Å². The molecule has 0 aliphatic carbocycles. The summed E-state index contributed by atoms with van der Waals surface area (Å²) in [6.45, 7) is 0. The van der Waals surface area contributed by atoms with Crippen LogP contribution in [0, 0.1) is 0 Å². The molecule has 11 aromatic rings. The molecule has 3 heteroatoms. The van der Waals surface area contributed by atoms with Gasteiger partial charge in [-0.25, -0.2) is 0 Å². The Kier molecular flexibility index (Phi) is 5.96. The van der Waals surface area contributed by atoms with Crippen molar-refractivity contribution in [1.29, 1.82) is 0 Å². The predicted molar refractivity (Wildman–Crippen MR) is 213 cm³/mol. The van der Waals surface area contributed by atoms with E-state index in [0.717, 1.165) is 38.9 Å². The molecule has 0 aliphatic heterocycles. The average Bonchev–Trinajstić information content (AvgIpc) is 3.86. The third-order valence-electron chi connectivity index (χ3n) is 10.5. The zero-order valence-corrected chi connectivity index (χ0v) is 27.6. The number of fused-ring (bicyclic) bond motifs is 10. The number of rotatable bonds is 4. The second-order valence-corrected chi connectivity index (χ2v) is 13.3. The van der Waals surface area contributed by atoms with E-state index in [-0.39, 0.29) is 0 Å². The zero-order valence-electron chi connectivity index (χ0n) is 27.6. The van der Waals surface area contributed by atoms with Gasteiger partial charge in [-0.05, 0) is 89.0 Å². The highest BCUT2D eigenvalue weighted by Crippen LogP contribution is 2.42. The molecule has 0 fully saturated rings. The summed E-state index contributed by atoms with van der Waals surface area (Å²) in [6.07, 6.45) is 0. The first-order chi connectivity index (χ1) is 25.3. The van der Waals surface area contributed by atoms with E-state index in [9.17, 15) is 0 Å². The SMILES string of the molecule is c1ccc(-c2ccc3c(c2)oc2ccc4c(c5ccccc5n4-c4ccc(-c5ccc(-n6c7ccccc7c7ccccc76)cc5)cc4)c23)cc1. The van der Waals surface area contributed by atoms with Crippen molar-refractivity contribution in [3.05, 3.63) is 182 Å². The van der Waals surface area contributed by atoms with Gasteiger partial charge in [-0.3, -0.25) is 0 Å².